The Morgan fingerprint density at radius 3 is 2.58 bits per heavy atom. The van der Waals surface area contributed by atoms with Crippen LogP contribution < -0.4 is 5.32 Å². The van der Waals surface area contributed by atoms with E-state index in [1.54, 1.807) is 6.92 Å². The molecular weight excluding hydrogens is 376 g/mol. The minimum Gasteiger partial charge on any atom is -0.459 e. The van der Waals surface area contributed by atoms with Crippen molar-refractivity contribution < 1.29 is 19.1 Å². The van der Waals surface area contributed by atoms with E-state index in [9.17, 15) is 14.4 Å². The highest BCUT2D eigenvalue weighted by Gasteiger charge is 2.47. The molecule has 0 saturated carbocycles. The quantitative estimate of drug-likeness (QED) is 0.567. The average Bonchev–Trinajstić information content (AvgIpc) is 2.76. The maximum absolute atomic E-state index is 12.4. The molecule has 1 aliphatic heterocycles. The topological polar surface area (TPSA) is 75.7 Å². The number of hydrogen-bond donors (Lipinski definition) is 1. The molecule has 1 saturated heterocycles. The van der Waals surface area contributed by atoms with Gasteiger partial charge in [-0.2, -0.15) is 0 Å². The van der Waals surface area contributed by atoms with Crippen molar-refractivity contribution in [2.75, 3.05) is 6.54 Å². The van der Waals surface area contributed by atoms with Crippen molar-refractivity contribution in [1.82, 2.24) is 10.2 Å². The predicted molar refractivity (Wildman–Crippen MR) is 92.1 cm³/mol. The van der Waals surface area contributed by atoms with Crippen molar-refractivity contribution >= 4 is 33.8 Å². The number of imide groups is 1. The minimum absolute atomic E-state index is 0.100. The smallest absolute Gasteiger partial charge is 0.326 e. The summed E-state index contributed by atoms with van der Waals surface area (Å²) in [5.74, 6) is -0.984. The van der Waals surface area contributed by atoms with Crippen molar-refractivity contribution in [2.24, 2.45) is 0 Å². The molecule has 1 heterocycles. The number of nitrogens with one attached hydrogen (secondary N) is 1. The number of carbonyl (C=O) groups is 3. The van der Waals surface area contributed by atoms with Crippen molar-refractivity contribution in [2.45, 2.75) is 45.3 Å². The van der Waals surface area contributed by atoms with E-state index in [1.165, 1.54) is 0 Å². The second kappa shape index (κ2) is 7.79. The van der Waals surface area contributed by atoms with Crippen LogP contribution in [-0.4, -0.2) is 34.9 Å². The monoisotopic (exact) mass is 396 g/mol. The van der Waals surface area contributed by atoms with Gasteiger partial charge in [-0.25, -0.2) is 4.79 Å². The van der Waals surface area contributed by atoms with Crippen LogP contribution in [0.4, 0.5) is 4.79 Å². The maximum Gasteiger partial charge on any atom is 0.326 e. The molecule has 7 heteroatoms. The summed E-state index contributed by atoms with van der Waals surface area (Å²) >= 11 is 3.33. The van der Waals surface area contributed by atoms with Crippen LogP contribution >= 0.6 is 15.9 Å². The number of carbonyl (C=O) groups excluding carboxylic acids is 3. The molecule has 0 aliphatic carbocycles. The maximum atomic E-state index is 12.4. The summed E-state index contributed by atoms with van der Waals surface area (Å²) in [6.07, 6.45) is 2.30. The number of halogens is 1. The summed E-state index contributed by atoms with van der Waals surface area (Å²) in [6.45, 7) is 3.43. The van der Waals surface area contributed by atoms with Gasteiger partial charge in [-0.1, -0.05) is 47.8 Å². The number of esters is 1. The van der Waals surface area contributed by atoms with Gasteiger partial charge >= 0.3 is 12.0 Å². The van der Waals surface area contributed by atoms with Gasteiger partial charge in [0, 0.05) is 4.47 Å². The van der Waals surface area contributed by atoms with Crippen LogP contribution in [0.15, 0.2) is 28.7 Å². The van der Waals surface area contributed by atoms with E-state index in [1.807, 2.05) is 31.2 Å². The lowest BCUT2D eigenvalue weighted by Crippen LogP contribution is -2.44. The fourth-order valence-electron chi connectivity index (χ4n) is 2.51. The Kier molecular flexibility index (Phi) is 5.99. The molecule has 6 nitrogen and oxygen atoms in total. The molecule has 0 spiro atoms. The highest BCUT2D eigenvalue weighted by Crippen LogP contribution is 2.23. The first kappa shape index (κ1) is 18.4. The molecule has 1 fully saturated rings. The second-order valence-corrected chi connectivity index (χ2v) is 6.96. The van der Waals surface area contributed by atoms with Crippen LogP contribution in [0.3, 0.4) is 0 Å². The third-order valence-corrected chi connectivity index (χ3v) is 4.50. The molecule has 1 N–H and O–H groups in total. The Labute approximate surface area is 149 Å². The first-order valence-corrected chi connectivity index (χ1v) is 8.69. The van der Waals surface area contributed by atoms with Gasteiger partial charge in [-0.15, -0.1) is 0 Å². The summed E-state index contributed by atoms with van der Waals surface area (Å²) in [4.78, 5) is 37.3. The number of unbranched alkanes of at least 4 members (excludes halogenated alkanes) is 1. The second-order valence-electron chi connectivity index (χ2n) is 6.04. The molecule has 1 atom stereocenters. The summed E-state index contributed by atoms with van der Waals surface area (Å²) in [5, 5.41) is 2.67. The molecule has 0 bridgehead atoms. The van der Waals surface area contributed by atoms with Crippen LogP contribution in [0.5, 0.6) is 0 Å². The van der Waals surface area contributed by atoms with E-state index in [4.69, 9.17) is 4.74 Å². The summed E-state index contributed by atoms with van der Waals surface area (Å²) < 4.78 is 6.08. The van der Waals surface area contributed by atoms with E-state index >= 15 is 0 Å². The zero-order valence-corrected chi connectivity index (χ0v) is 15.4. The van der Waals surface area contributed by atoms with Crippen molar-refractivity contribution in [3.8, 4) is 0 Å². The molecular formula is C17H21BrN2O4. The van der Waals surface area contributed by atoms with Gasteiger partial charge in [-0.3, -0.25) is 14.5 Å². The highest BCUT2D eigenvalue weighted by atomic mass is 79.9. The van der Waals surface area contributed by atoms with Crippen molar-refractivity contribution in [3.63, 3.8) is 0 Å². The van der Waals surface area contributed by atoms with E-state index in [0.717, 1.165) is 27.8 Å². The number of hydrogen-bond acceptors (Lipinski definition) is 4. The van der Waals surface area contributed by atoms with Crippen LogP contribution in [-0.2, 0) is 20.9 Å². The van der Waals surface area contributed by atoms with Crippen LogP contribution in [0.1, 0.15) is 38.7 Å². The Hall–Kier alpha value is -1.89. The molecule has 2 rings (SSSR count). The third-order valence-electron chi connectivity index (χ3n) is 3.98. The number of nitrogens with zero attached hydrogens (tertiary/aromatic N) is 1. The fourth-order valence-corrected chi connectivity index (χ4v) is 2.77. The average molecular weight is 397 g/mol. The highest BCUT2D eigenvalue weighted by molar-refractivity contribution is 9.10. The lowest BCUT2D eigenvalue weighted by Gasteiger charge is -2.21. The minimum atomic E-state index is -0.931. The molecule has 0 unspecified atom stereocenters. The largest absolute Gasteiger partial charge is 0.459 e. The standard InChI is InChI=1S/C17H21BrN2O4/c1-3-4-9-17(2)15(22)20(16(23)19-17)10-14(21)24-11-12-5-7-13(18)8-6-12/h5-8H,3-4,9-11H2,1-2H3,(H,19,23)/t17-/m0/s1. The van der Waals surface area contributed by atoms with Crippen molar-refractivity contribution in [3.05, 3.63) is 34.3 Å². The number of amides is 3. The fraction of sp³-hybridized carbons (Fsp3) is 0.471. The number of rotatable bonds is 7. The summed E-state index contributed by atoms with van der Waals surface area (Å²) in [6, 6.07) is 6.80. The molecule has 1 aromatic rings. The molecule has 0 aromatic heterocycles. The zero-order chi connectivity index (χ0) is 17.7. The lowest BCUT2D eigenvalue weighted by molar-refractivity contribution is -0.148. The Bertz CT molecular complexity index is 632. The number of urea groups is 1. The molecule has 24 heavy (non-hydrogen) atoms. The summed E-state index contributed by atoms with van der Waals surface area (Å²) in [5.41, 5.74) is -0.101. The Morgan fingerprint density at radius 2 is 1.96 bits per heavy atom. The van der Waals surface area contributed by atoms with Crippen molar-refractivity contribution in [1.29, 1.82) is 0 Å². The van der Waals surface area contributed by atoms with Gasteiger partial charge < -0.3 is 10.1 Å². The summed E-state index contributed by atoms with van der Waals surface area (Å²) in [7, 11) is 0. The van der Waals surface area contributed by atoms with E-state index in [2.05, 4.69) is 21.2 Å². The van der Waals surface area contributed by atoms with Crippen LogP contribution in [0.2, 0.25) is 0 Å². The van der Waals surface area contributed by atoms with Gasteiger partial charge in [0.1, 0.15) is 18.7 Å². The number of ether oxygens (including phenoxy) is 1. The normalized spacial score (nSPS) is 20.2. The first-order valence-electron chi connectivity index (χ1n) is 7.90. The third kappa shape index (κ3) is 4.35. The molecule has 130 valence electrons. The number of benzene rings is 1. The van der Waals surface area contributed by atoms with Gasteiger partial charge in [0.15, 0.2) is 0 Å². The SMILES string of the molecule is CCCC[C@]1(C)NC(=O)N(CC(=O)OCc2ccc(Br)cc2)C1=O. The molecule has 3 amide bonds. The lowest BCUT2D eigenvalue weighted by atomic mass is 9.95. The van der Waals surface area contributed by atoms with E-state index < -0.39 is 17.5 Å². The van der Waals surface area contributed by atoms with Gasteiger partial charge in [0.25, 0.3) is 5.91 Å². The molecule has 0 radical (unpaired) electrons. The first-order chi connectivity index (χ1) is 11.4. The van der Waals surface area contributed by atoms with Gasteiger partial charge in [0.2, 0.25) is 0 Å². The zero-order valence-electron chi connectivity index (χ0n) is 13.8. The predicted octanol–water partition coefficient (Wildman–Crippen LogP) is 2.99. The molecule has 1 aliphatic rings. The Morgan fingerprint density at radius 1 is 1.29 bits per heavy atom. The van der Waals surface area contributed by atoms with Crippen LogP contribution in [0, 0.1) is 0 Å². The van der Waals surface area contributed by atoms with Gasteiger partial charge in [0.05, 0.1) is 0 Å². The van der Waals surface area contributed by atoms with Crippen LogP contribution in [0.25, 0.3) is 0 Å². The Balaban J connectivity index is 1.90. The van der Waals surface area contributed by atoms with Gasteiger partial charge in [-0.05, 0) is 31.0 Å². The van der Waals surface area contributed by atoms with E-state index in [0.29, 0.717) is 6.42 Å². The molecule has 1 aromatic carbocycles. The van der Waals surface area contributed by atoms with E-state index in [-0.39, 0.29) is 19.1 Å².